The average Bonchev–Trinajstić information content (AvgIpc) is 3.58. The fourth-order valence-corrected chi connectivity index (χ4v) is 7.40. The van der Waals surface area contributed by atoms with Crippen LogP contribution in [0.5, 0.6) is 0 Å². The molecule has 0 N–H and O–H groups in total. The molecule has 0 saturated heterocycles. The van der Waals surface area contributed by atoms with Gasteiger partial charge in [-0.15, -0.1) is 17.1 Å². The van der Waals surface area contributed by atoms with Gasteiger partial charge in [0.15, 0.2) is 0 Å². The predicted octanol–water partition coefficient (Wildman–Crippen LogP) is 9.98. The van der Waals surface area contributed by atoms with E-state index >= 15 is 0 Å². The Morgan fingerprint density at radius 1 is 0.757 bits per heavy atom. The summed E-state index contributed by atoms with van der Waals surface area (Å²) in [6, 6.07) is 35.5. The van der Waals surface area contributed by atoms with E-state index in [0.717, 1.165) is 12.8 Å². The van der Waals surface area contributed by atoms with Crippen LogP contribution in [-0.2, 0) is 6.42 Å². The molecule has 0 radical (unpaired) electrons. The van der Waals surface area contributed by atoms with Crippen molar-refractivity contribution in [2.45, 2.75) is 25.7 Å². The fraction of sp³-hybridized carbons (Fsp3) is 0.139. The van der Waals surface area contributed by atoms with Gasteiger partial charge in [-0.3, -0.25) is 0 Å². The quantitative estimate of drug-likeness (QED) is 0.214. The maximum atomic E-state index is 3.72. The highest BCUT2D eigenvalue weighted by Gasteiger charge is 2.31. The Balaban J connectivity index is 1.36. The van der Waals surface area contributed by atoms with Crippen LogP contribution in [0.4, 0.5) is 0 Å². The normalized spacial score (nSPS) is 16.3. The highest BCUT2D eigenvalue weighted by atomic mass is 32.1. The highest BCUT2D eigenvalue weighted by molar-refractivity contribution is 7.25. The fourth-order valence-electron chi connectivity index (χ4n) is 6.27. The average molecular weight is 493 g/mol. The van der Waals surface area contributed by atoms with E-state index in [2.05, 4.69) is 128 Å². The van der Waals surface area contributed by atoms with Gasteiger partial charge in [0, 0.05) is 31.7 Å². The Morgan fingerprint density at radius 2 is 1.54 bits per heavy atom. The molecule has 1 aromatic heterocycles. The number of hydrogen-bond donors (Lipinski definition) is 0. The lowest BCUT2D eigenvalue weighted by atomic mass is 9.72. The molecule has 0 fully saturated rings. The van der Waals surface area contributed by atoms with Gasteiger partial charge in [0.2, 0.25) is 0 Å². The number of rotatable bonds is 5. The molecule has 5 aromatic rings. The van der Waals surface area contributed by atoms with Crippen molar-refractivity contribution in [1.29, 1.82) is 0 Å². The van der Waals surface area contributed by atoms with E-state index in [4.69, 9.17) is 0 Å². The summed E-state index contributed by atoms with van der Waals surface area (Å²) in [6.45, 7) is 2.42. The van der Waals surface area contributed by atoms with Crippen LogP contribution < -0.4 is 0 Å². The summed E-state index contributed by atoms with van der Waals surface area (Å²) in [5.74, 6) is 0.606. The van der Waals surface area contributed by atoms with Crippen LogP contribution in [-0.4, -0.2) is 0 Å². The predicted molar refractivity (Wildman–Crippen MR) is 160 cm³/mol. The van der Waals surface area contributed by atoms with Crippen LogP contribution in [0.2, 0.25) is 0 Å². The largest absolute Gasteiger partial charge is 0.135 e. The SMILES string of the molecule is CC(C1=Cc2ccccc2CC1)C(C1=C=CC=C1c1cccc2sc3ccccc3c12)c1ccccc1. The standard InChI is InChI=1S/C36H28S/c1-24(27-22-21-25-11-5-6-14-28(25)23-27)35(26-12-3-2-4-13-26)30-17-9-16-29(30)31-18-10-20-34-36(31)32-15-7-8-19-33(32)37-34/h2-16,18-20,23-24,35H,21-22H2,1H3. The molecule has 0 nitrogen and oxygen atoms in total. The van der Waals surface area contributed by atoms with Gasteiger partial charge in [0.1, 0.15) is 0 Å². The Kier molecular flexibility index (Phi) is 5.55. The first-order valence-corrected chi connectivity index (χ1v) is 14.0. The van der Waals surface area contributed by atoms with Crippen molar-refractivity contribution < 1.29 is 0 Å². The van der Waals surface area contributed by atoms with Crippen molar-refractivity contribution in [1.82, 2.24) is 0 Å². The van der Waals surface area contributed by atoms with E-state index in [0.29, 0.717) is 5.92 Å². The molecular formula is C36H28S. The molecule has 0 spiro atoms. The number of allylic oxidation sites excluding steroid dienone is 4. The van der Waals surface area contributed by atoms with Crippen molar-refractivity contribution in [2.75, 3.05) is 0 Å². The van der Waals surface area contributed by atoms with E-state index < -0.39 is 0 Å². The van der Waals surface area contributed by atoms with Crippen LogP contribution in [0, 0.1) is 5.92 Å². The van der Waals surface area contributed by atoms with Crippen LogP contribution in [0.1, 0.15) is 41.5 Å². The molecule has 37 heavy (non-hydrogen) atoms. The summed E-state index contributed by atoms with van der Waals surface area (Å²) in [5, 5.41) is 2.72. The van der Waals surface area contributed by atoms with Gasteiger partial charge in [0.05, 0.1) is 0 Å². The molecule has 178 valence electrons. The zero-order valence-electron chi connectivity index (χ0n) is 20.9. The minimum absolute atomic E-state index is 0.239. The Hall–Kier alpha value is -3.90. The number of aryl methyl sites for hydroxylation is 1. The van der Waals surface area contributed by atoms with Crippen LogP contribution in [0.15, 0.2) is 126 Å². The second-order valence-corrected chi connectivity index (χ2v) is 11.3. The second kappa shape index (κ2) is 9.20. The number of thiophene rings is 1. The molecule has 2 atom stereocenters. The smallest absolute Gasteiger partial charge is 0.0361 e. The Labute approximate surface area is 222 Å². The van der Waals surface area contributed by atoms with Gasteiger partial charge in [-0.25, -0.2) is 0 Å². The van der Waals surface area contributed by atoms with E-state index in [-0.39, 0.29) is 5.92 Å². The van der Waals surface area contributed by atoms with Gasteiger partial charge in [-0.05, 0) is 70.9 Å². The van der Waals surface area contributed by atoms with E-state index in [1.54, 1.807) is 0 Å². The maximum Gasteiger partial charge on any atom is 0.0361 e. The van der Waals surface area contributed by atoms with Gasteiger partial charge < -0.3 is 0 Å². The minimum atomic E-state index is 0.239. The summed E-state index contributed by atoms with van der Waals surface area (Å²) in [5.41, 5.74) is 13.4. The molecule has 2 unspecified atom stereocenters. The van der Waals surface area contributed by atoms with Crippen molar-refractivity contribution in [3.05, 3.63) is 148 Å². The van der Waals surface area contributed by atoms with E-state index in [1.165, 1.54) is 59.1 Å². The Bertz CT molecular complexity index is 1770. The highest BCUT2D eigenvalue weighted by Crippen LogP contribution is 2.48. The molecule has 1 heteroatoms. The first-order chi connectivity index (χ1) is 18.3. The molecule has 0 bridgehead atoms. The minimum Gasteiger partial charge on any atom is -0.135 e. The molecule has 7 rings (SSSR count). The van der Waals surface area contributed by atoms with Crippen molar-refractivity contribution >= 4 is 43.2 Å². The first kappa shape index (κ1) is 22.3. The molecule has 1 heterocycles. The molecular weight excluding hydrogens is 464 g/mol. The summed E-state index contributed by atoms with van der Waals surface area (Å²) in [6.07, 6.45) is 9.10. The van der Waals surface area contributed by atoms with Crippen LogP contribution in [0.3, 0.4) is 0 Å². The van der Waals surface area contributed by atoms with Gasteiger partial charge >= 0.3 is 0 Å². The second-order valence-electron chi connectivity index (χ2n) is 10.2. The van der Waals surface area contributed by atoms with Gasteiger partial charge in [0.25, 0.3) is 0 Å². The summed E-state index contributed by atoms with van der Waals surface area (Å²) >= 11 is 1.89. The number of fused-ring (bicyclic) bond motifs is 4. The maximum absolute atomic E-state index is 3.72. The monoisotopic (exact) mass is 492 g/mol. The Morgan fingerprint density at radius 3 is 2.46 bits per heavy atom. The molecule has 2 aliphatic rings. The summed E-state index contributed by atoms with van der Waals surface area (Å²) in [4.78, 5) is 0. The molecule has 4 aromatic carbocycles. The molecule has 2 aliphatic carbocycles. The van der Waals surface area contributed by atoms with Crippen LogP contribution in [0.25, 0.3) is 31.8 Å². The zero-order valence-corrected chi connectivity index (χ0v) is 21.8. The third-order valence-corrected chi connectivity index (χ3v) is 9.24. The van der Waals surface area contributed by atoms with Crippen molar-refractivity contribution in [2.24, 2.45) is 5.92 Å². The van der Waals surface area contributed by atoms with E-state index in [9.17, 15) is 0 Å². The molecule has 0 amide bonds. The third kappa shape index (κ3) is 3.83. The lowest BCUT2D eigenvalue weighted by Crippen LogP contribution is -2.17. The zero-order chi connectivity index (χ0) is 24.8. The summed E-state index contributed by atoms with van der Waals surface area (Å²) < 4.78 is 2.70. The van der Waals surface area contributed by atoms with Crippen LogP contribution >= 0.6 is 11.3 Å². The molecule has 0 aliphatic heterocycles. The topological polar surface area (TPSA) is 0 Å². The third-order valence-electron chi connectivity index (χ3n) is 8.11. The van der Waals surface area contributed by atoms with Gasteiger partial charge in [-0.2, -0.15) is 0 Å². The van der Waals surface area contributed by atoms with Crippen molar-refractivity contribution in [3.8, 4) is 0 Å². The lowest BCUT2D eigenvalue weighted by Gasteiger charge is -2.31. The van der Waals surface area contributed by atoms with E-state index in [1.807, 2.05) is 11.3 Å². The van der Waals surface area contributed by atoms with Crippen molar-refractivity contribution in [3.63, 3.8) is 0 Å². The number of benzene rings is 4. The number of hydrogen-bond acceptors (Lipinski definition) is 1. The lowest BCUT2D eigenvalue weighted by molar-refractivity contribution is 0.570. The molecule has 0 saturated carbocycles. The first-order valence-electron chi connectivity index (χ1n) is 13.2. The summed E-state index contributed by atoms with van der Waals surface area (Å²) in [7, 11) is 0. The van der Waals surface area contributed by atoms with Gasteiger partial charge in [-0.1, -0.05) is 104 Å².